The van der Waals surface area contributed by atoms with Crippen LogP contribution in [0.1, 0.15) is 37.4 Å². The van der Waals surface area contributed by atoms with E-state index in [1.54, 1.807) is 60.7 Å². The number of hydrogen-bond acceptors (Lipinski definition) is 4. The van der Waals surface area contributed by atoms with Gasteiger partial charge in [-0.15, -0.1) is 0 Å². The van der Waals surface area contributed by atoms with Crippen LogP contribution in [0.3, 0.4) is 0 Å². The Morgan fingerprint density at radius 3 is 1.83 bits per heavy atom. The number of ether oxygens (including phenoxy) is 1. The van der Waals surface area contributed by atoms with Gasteiger partial charge in [-0.3, -0.25) is 9.59 Å². The zero-order valence-electron chi connectivity index (χ0n) is 19.7. The van der Waals surface area contributed by atoms with Crippen LogP contribution in [0.15, 0.2) is 132 Å². The van der Waals surface area contributed by atoms with Crippen LogP contribution >= 0.6 is 0 Å². The number of carbonyl (C=O) groups excluding carboxylic acids is 2. The number of hydrogen-bond donors (Lipinski definition) is 1. The minimum absolute atomic E-state index is 0.105. The molecule has 36 heavy (non-hydrogen) atoms. The number of aryl methyl sites for hydroxylation is 1. The molecule has 0 fully saturated rings. The third kappa shape index (κ3) is 4.30. The molecule has 4 aromatic carbocycles. The lowest BCUT2D eigenvalue weighted by atomic mass is 9.87. The molecule has 0 bridgehead atoms. The van der Waals surface area contributed by atoms with Gasteiger partial charge in [-0.2, -0.15) is 0 Å². The highest BCUT2D eigenvalue weighted by Crippen LogP contribution is 2.49. The van der Waals surface area contributed by atoms with Crippen molar-refractivity contribution in [1.29, 1.82) is 0 Å². The largest absolute Gasteiger partial charge is 0.452 e. The molecule has 1 N–H and O–H groups in total. The summed E-state index contributed by atoms with van der Waals surface area (Å²) in [4.78, 5) is 27.3. The van der Waals surface area contributed by atoms with E-state index in [1.165, 1.54) is 6.08 Å². The van der Waals surface area contributed by atoms with E-state index in [0.717, 1.165) is 5.56 Å². The zero-order chi connectivity index (χ0) is 25.1. The number of Topliss-reactive ketones (excluding diaryl/α,β-unsaturated/α-hetero) is 1. The van der Waals surface area contributed by atoms with Gasteiger partial charge in [0.2, 0.25) is 0 Å². The van der Waals surface area contributed by atoms with Gasteiger partial charge in [-0.25, -0.2) is 0 Å². The number of aliphatic hydroxyl groups is 1. The highest BCUT2D eigenvalue weighted by molar-refractivity contribution is 6.18. The summed E-state index contributed by atoms with van der Waals surface area (Å²) in [5, 5.41) is 12.1. The predicted molar refractivity (Wildman–Crippen MR) is 139 cm³/mol. The number of benzene rings is 4. The molecule has 1 atom stereocenters. The van der Waals surface area contributed by atoms with Gasteiger partial charge in [0.15, 0.2) is 11.6 Å². The lowest BCUT2D eigenvalue weighted by Crippen LogP contribution is -2.29. The topological polar surface area (TPSA) is 63.6 Å². The summed E-state index contributed by atoms with van der Waals surface area (Å²) in [5.41, 5.74) is 3.17. The maximum absolute atomic E-state index is 13.9. The van der Waals surface area contributed by atoms with Gasteiger partial charge in [0, 0.05) is 27.8 Å². The quantitative estimate of drug-likeness (QED) is 0.265. The molecule has 1 aliphatic rings. The van der Waals surface area contributed by atoms with Crippen LogP contribution in [0.4, 0.5) is 0 Å². The summed E-state index contributed by atoms with van der Waals surface area (Å²) in [6.45, 7) is 1.94. The maximum Gasteiger partial charge on any atom is 0.262 e. The molecule has 5 rings (SSSR count). The van der Waals surface area contributed by atoms with Crippen LogP contribution in [0, 0.1) is 6.92 Å². The summed E-state index contributed by atoms with van der Waals surface area (Å²) in [6, 6.07) is 33.9. The second kappa shape index (κ2) is 9.61. The van der Waals surface area contributed by atoms with Crippen LogP contribution in [0.5, 0.6) is 0 Å². The minimum atomic E-state index is -2.04. The lowest BCUT2D eigenvalue weighted by Gasteiger charge is -2.26. The van der Waals surface area contributed by atoms with E-state index < -0.39 is 5.79 Å². The Morgan fingerprint density at radius 2 is 1.25 bits per heavy atom. The molecule has 4 heteroatoms. The third-order valence-corrected chi connectivity index (χ3v) is 6.19. The molecule has 0 spiro atoms. The Balaban J connectivity index is 1.76. The average Bonchev–Trinajstić information content (AvgIpc) is 3.23. The van der Waals surface area contributed by atoms with Crippen LogP contribution in [0.25, 0.3) is 5.76 Å². The second-order valence-electron chi connectivity index (χ2n) is 8.67. The van der Waals surface area contributed by atoms with Crippen molar-refractivity contribution in [1.82, 2.24) is 0 Å². The van der Waals surface area contributed by atoms with Gasteiger partial charge in [-0.05, 0) is 13.0 Å². The van der Waals surface area contributed by atoms with Gasteiger partial charge in [-0.1, -0.05) is 121 Å². The van der Waals surface area contributed by atoms with Crippen molar-refractivity contribution in [3.8, 4) is 0 Å². The molecular formula is C32H24O4. The molecule has 0 radical (unpaired) electrons. The van der Waals surface area contributed by atoms with E-state index >= 15 is 0 Å². The normalized spacial score (nSPS) is 18.2. The van der Waals surface area contributed by atoms with Crippen molar-refractivity contribution in [2.45, 2.75) is 12.7 Å². The molecule has 4 aromatic rings. The average molecular weight is 473 g/mol. The van der Waals surface area contributed by atoms with Crippen molar-refractivity contribution in [3.63, 3.8) is 0 Å². The summed E-state index contributed by atoms with van der Waals surface area (Å²) in [6.07, 6.45) is 1.32. The minimum Gasteiger partial charge on any atom is -0.452 e. The number of ketones is 2. The molecule has 1 aliphatic heterocycles. The van der Waals surface area contributed by atoms with Gasteiger partial charge < -0.3 is 9.84 Å². The van der Waals surface area contributed by atoms with Gasteiger partial charge >= 0.3 is 0 Å². The summed E-state index contributed by atoms with van der Waals surface area (Å²) in [7, 11) is 0. The highest BCUT2D eigenvalue weighted by Gasteiger charge is 2.49. The SMILES string of the molecule is Cc1ccc(C2(O)OC(c3ccccc3)=C(C(=O)c3ccccc3)/C2=C\C(=O)c2ccccc2)cc1. The molecular weight excluding hydrogens is 448 g/mol. The van der Waals surface area contributed by atoms with Crippen LogP contribution < -0.4 is 0 Å². The van der Waals surface area contributed by atoms with E-state index in [4.69, 9.17) is 4.74 Å². The lowest BCUT2D eigenvalue weighted by molar-refractivity contribution is -0.120. The van der Waals surface area contributed by atoms with E-state index in [2.05, 4.69) is 0 Å². The highest BCUT2D eigenvalue weighted by atomic mass is 16.6. The first-order chi connectivity index (χ1) is 17.5. The molecule has 0 saturated carbocycles. The maximum atomic E-state index is 13.9. The van der Waals surface area contributed by atoms with Crippen LogP contribution in [0.2, 0.25) is 0 Å². The van der Waals surface area contributed by atoms with E-state index in [-0.39, 0.29) is 28.5 Å². The molecule has 0 aromatic heterocycles. The second-order valence-corrected chi connectivity index (χ2v) is 8.67. The monoisotopic (exact) mass is 472 g/mol. The van der Waals surface area contributed by atoms with E-state index in [9.17, 15) is 14.7 Å². The molecule has 0 amide bonds. The molecule has 1 unspecified atom stereocenters. The third-order valence-electron chi connectivity index (χ3n) is 6.19. The smallest absolute Gasteiger partial charge is 0.262 e. The first-order valence-corrected chi connectivity index (χ1v) is 11.7. The number of carbonyl (C=O) groups is 2. The van der Waals surface area contributed by atoms with E-state index in [0.29, 0.717) is 22.3 Å². The van der Waals surface area contributed by atoms with E-state index in [1.807, 2.05) is 61.5 Å². The zero-order valence-corrected chi connectivity index (χ0v) is 19.7. The molecule has 0 saturated heterocycles. The molecule has 176 valence electrons. The predicted octanol–water partition coefficient (Wildman–Crippen LogP) is 6.27. The molecule has 0 aliphatic carbocycles. The summed E-state index contributed by atoms with van der Waals surface area (Å²) in [5.74, 6) is -2.50. The van der Waals surface area contributed by atoms with Crippen molar-refractivity contribution in [2.24, 2.45) is 0 Å². The van der Waals surface area contributed by atoms with Gasteiger partial charge in [0.25, 0.3) is 5.79 Å². The first kappa shape index (κ1) is 23.2. The fraction of sp³-hybridized carbons (Fsp3) is 0.0625. The van der Waals surface area contributed by atoms with Gasteiger partial charge in [0.05, 0.1) is 5.57 Å². The van der Waals surface area contributed by atoms with Crippen molar-refractivity contribution >= 4 is 17.3 Å². The van der Waals surface area contributed by atoms with Gasteiger partial charge in [0.1, 0.15) is 5.76 Å². The van der Waals surface area contributed by atoms with Crippen molar-refractivity contribution in [3.05, 3.63) is 160 Å². The number of rotatable bonds is 6. The Labute approximate surface area is 209 Å². The summed E-state index contributed by atoms with van der Waals surface area (Å²) >= 11 is 0. The number of allylic oxidation sites excluding steroid dienone is 1. The fourth-order valence-corrected chi connectivity index (χ4v) is 4.28. The van der Waals surface area contributed by atoms with Crippen molar-refractivity contribution < 1.29 is 19.4 Å². The van der Waals surface area contributed by atoms with Crippen molar-refractivity contribution in [2.75, 3.05) is 0 Å². The summed E-state index contributed by atoms with van der Waals surface area (Å²) < 4.78 is 6.26. The molecule has 1 heterocycles. The standard InChI is InChI=1S/C32H24O4/c1-22-17-19-26(20-18-22)32(35)27(21-28(33)23-11-5-2-6-12-23)29(30(34)24-13-7-3-8-14-24)31(36-32)25-15-9-4-10-16-25/h2-21,35H,1H3/b27-21+. The molecule has 4 nitrogen and oxygen atoms in total. The first-order valence-electron chi connectivity index (χ1n) is 11.7. The van der Waals surface area contributed by atoms with Crippen LogP contribution in [-0.4, -0.2) is 16.7 Å². The Morgan fingerprint density at radius 1 is 0.722 bits per heavy atom. The Hall–Kier alpha value is -4.54. The Bertz CT molecular complexity index is 1470. The Kier molecular flexibility index (Phi) is 6.19. The van der Waals surface area contributed by atoms with Crippen LogP contribution in [-0.2, 0) is 10.5 Å². The fourth-order valence-electron chi connectivity index (χ4n) is 4.28.